The van der Waals surface area contributed by atoms with Crippen LogP contribution in [0, 0.1) is 0 Å². The summed E-state index contributed by atoms with van der Waals surface area (Å²) in [4.78, 5) is 0. The van der Waals surface area contributed by atoms with Crippen LogP contribution in [-0.4, -0.2) is 102 Å². The van der Waals surface area contributed by atoms with Gasteiger partial charge >= 0.3 is 52.0 Å². The Kier molecular flexibility index (Phi) is 9.07. The van der Waals surface area contributed by atoms with E-state index in [0.717, 1.165) is 0 Å². The topological polar surface area (TPSA) is 327 Å². The summed E-state index contributed by atoms with van der Waals surface area (Å²) in [5.41, 5.74) is 0. The highest BCUT2D eigenvalue weighted by Gasteiger charge is 2.55. The average molecular weight is 580 g/mol. The second-order valence-electron chi connectivity index (χ2n) is 5.24. The monoisotopic (exact) mass is 580 g/mol. The van der Waals surface area contributed by atoms with Gasteiger partial charge in [-0.15, -0.1) is 0 Å². The molecular formula is C6H12O21S5. The lowest BCUT2D eigenvalue weighted by molar-refractivity contribution is -0.261. The lowest BCUT2D eigenvalue weighted by Gasteiger charge is -2.42. The maximum absolute atomic E-state index is 11.1. The van der Waals surface area contributed by atoms with Crippen molar-refractivity contribution in [2.24, 2.45) is 0 Å². The normalized spacial score (nSPS) is 28.5. The Hall–Kier alpha value is -0.690. The van der Waals surface area contributed by atoms with Gasteiger partial charge in [-0.3, -0.25) is 22.8 Å². The lowest BCUT2D eigenvalue weighted by Crippen LogP contribution is -2.63. The van der Waals surface area contributed by atoms with Crippen molar-refractivity contribution in [3.8, 4) is 0 Å². The number of rotatable bonds is 11. The molecular weight excluding hydrogens is 568 g/mol. The van der Waals surface area contributed by atoms with Crippen molar-refractivity contribution in [2.45, 2.75) is 30.7 Å². The van der Waals surface area contributed by atoms with Crippen LogP contribution in [0.2, 0.25) is 0 Å². The van der Waals surface area contributed by atoms with Gasteiger partial charge in [0.05, 0.1) is 6.61 Å². The highest BCUT2D eigenvalue weighted by atomic mass is 32.3. The van der Waals surface area contributed by atoms with E-state index in [1.807, 2.05) is 0 Å². The quantitative estimate of drug-likeness (QED) is 0.145. The van der Waals surface area contributed by atoms with Crippen LogP contribution in [0.4, 0.5) is 0 Å². The first kappa shape index (κ1) is 29.3. The smallest absolute Gasteiger partial charge is 0.340 e. The Balaban J connectivity index is 3.67. The molecule has 0 unspecified atom stereocenters. The van der Waals surface area contributed by atoms with Crippen LogP contribution in [0.15, 0.2) is 0 Å². The van der Waals surface area contributed by atoms with E-state index in [4.69, 9.17) is 22.8 Å². The molecule has 0 saturated carbocycles. The summed E-state index contributed by atoms with van der Waals surface area (Å²) in [6.45, 7) is -1.62. The molecule has 0 amide bonds. The second-order valence-corrected chi connectivity index (χ2v) is 10.5. The zero-order valence-corrected chi connectivity index (χ0v) is 18.5. The van der Waals surface area contributed by atoms with Gasteiger partial charge in [0.15, 0.2) is 6.10 Å². The Labute approximate surface area is 179 Å². The molecule has 192 valence electrons. The molecule has 0 spiro atoms. The predicted octanol–water partition coefficient (Wildman–Crippen LogP) is -4.09. The van der Waals surface area contributed by atoms with E-state index in [2.05, 4.69) is 25.7 Å². The van der Waals surface area contributed by atoms with Crippen molar-refractivity contribution in [1.82, 2.24) is 0 Å². The van der Waals surface area contributed by atoms with Gasteiger partial charge in [0.2, 0.25) is 6.29 Å². The van der Waals surface area contributed by atoms with Crippen molar-refractivity contribution < 1.29 is 90.5 Å². The fraction of sp³-hybridized carbons (Fsp3) is 1.00. The van der Waals surface area contributed by atoms with Crippen molar-refractivity contribution in [3.63, 3.8) is 0 Å². The first-order valence-corrected chi connectivity index (χ1v) is 13.7. The van der Waals surface area contributed by atoms with Crippen LogP contribution < -0.4 is 0 Å². The van der Waals surface area contributed by atoms with Crippen LogP contribution in [-0.2, 0) is 77.6 Å². The minimum absolute atomic E-state index is 1.62. The average Bonchev–Trinajstić information content (AvgIpc) is 2.45. The Morgan fingerprint density at radius 3 is 1.28 bits per heavy atom. The molecule has 5 N–H and O–H groups in total. The molecule has 5 atom stereocenters. The van der Waals surface area contributed by atoms with E-state index in [9.17, 15) is 42.1 Å². The number of ether oxygens (including phenoxy) is 1. The van der Waals surface area contributed by atoms with E-state index in [0.29, 0.717) is 0 Å². The minimum Gasteiger partial charge on any atom is -0.340 e. The first-order valence-electron chi connectivity index (χ1n) is 6.86. The van der Waals surface area contributed by atoms with E-state index in [1.165, 1.54) is 0 Å². The Bertz CT molecular complexity index is 1190. The van der Waals surface area contributed by atoms with Crippen molar-refractivity contribution >= 4 is 52.0 Å². The molecule has 1 saturated heterocycles. The molecule has 0 aromatic heterocycles. The van der Waals surface area contributed by atoms with Crippen molar-refractivity contribution in [1.29, 1.82) is 0 Å². The predicted molar refractivity (Wildman–Crippen MR) is 88.1 cm³/mol. The molecule has 0 aromatic carbocycles. The largest absolute Gasteiger partial charge is 0.399 e. The summed E-state index contributed by atoms with van der Waals surface area (Å²) < 4.78 is 178. The fourth-order valence-electron chi connectivity index (χ4n) is 2.11. The molecule has 1 fully saturated rings. The molecule has 1 aliphatic rings. The van der Waals surface area contributed by atoms with Crippen LogP contribution in [0.5, 0.6) is 0 Å². The Morgan fingerprint density at radius 1 is 0.531 bits per heavy atom. The highest BCUT2D eigenvalue weighted by molar-refractivity contribution is 7.82. The zero-order chi connectivity index (χ0) is 25.3. The highest BCUT2D eigenvalue weighted by Crippen LogP contribution is 2.32. The van der Waals surface area contributed by atoms with Crippen molar-refractivity contribution in [3.05, 3.63) is 0 Å². The molecule has 21 nitrogen and oxygen atoms in total. The fourth-order valence-corrected chi connectivity index (χ4v) is 4.31. The third-order valence-electron chi connectivity index (χ3n) is 2.89. The molecule has 0 bridgehead atoms. The lowest BCUT2D eigenvalue weighted by atomic mass is 9.99. The summed E-state index contributed by atoms with van der Waals surface area (Å²) in [5, 5.41) is 0. The van der Waals surface area contributed by atoms with Crippen LogP contribution in [0.3, 0.4) is 0 Å². The van der Waals surface area contributed by atoms with Gasteiger partial charge < -0.3 is 4.74 Å². The first-order chi connectivity index (χ1) is 14.0. The molecule has 0 aliphatic carbocycles. The van der Waals surface area contributed by atoms with Gasteiger partial charge in [-0.25, -0.2) is 20.9 Å². The molecule has 0 aromatic rings. The molecule has 32 heavy (non-hydrogen) atoms. The number of hydrogen-bond donors (Lipinski definition) is 5. The van der Waals surface area contributed by atoms with E-state index in [1.54, 1.807) is 0 Å². The van der Waals surface area contributed by atoms with Crippen LogP contribution in [0.25, 0.3) is 0 Å². The van der Waals surface area contributed by atoms with E-state index in [-0.39, 0.29) is 0 Å². The number of hydrogen-bond acceptors (Lipinski definition) is 16. The van der Waals surface area contributed by atoms with Gasteiger partial charge in [0.25, 0.3) is 0 Å². The molecule has 0 radical (unpaired) electrons. The standard InChI is InChI=1S/C6H12O21S5/c7-28(8,9)22-1-2-3(24-29(10,11)12)4(25-30(13,14)15)5(26-31(16,17)18)6(23-2)27-32(19,20)21/h2-6H,1H2,(H,7,8,9)(H,10,11,12)(H,13,14,15)(H,16,17,18)(H,19,20,21)/t2-,3+,4-,5+,6+/m0/s1. The maximum atomic E-state index is 11.1. The van der Waals surface area contributed by atoms with Gasteiger partial charge in [0, 0.05) is 0 Å². The minimum atomic E-state index is -5.78. The van der Waals surface area contributed by atoms with Gasteiger partial charge in [-0.1, -0.05) is 0 Å². The summed E-state index contributed by atoms with van der Waals surface area (Å²) in [7, 11) is -28.3. The maximum Gasteiger partial charge on any atom is 0.399 e. The van der Waals surface area contributed by atoms with Gasteiger partial charge in [0.1, 0.15) is 18.3 Å². The molecule has 1 aliphatic heterocycles. The van der Waals surface area contributed by atoms with Gasteiger partial charge in [-0.05, 0) is 0 Å². The summed E-state index contributed by atoms with van der Waals surface area (Å²) in [6.07, 6.45) is -14.2. The van der Waals surface area contributed by atoms with Crippen LogP contribution in [0.1, 0.15) is 0 Å². The summed E-state index contributed by atoms with van der Waals surface area (Å²) in [5.74, 6) is 0. The van der Waals surface area contributed by atoms with Crippen LogP contribution >= 0.6 is 0 Å². The molecule has 1 heterocycles. The second kappa shape index (κ2) is 9.89. The third-order valence-corrected chi connectivity index (χ3v) is 5.15. The van der Waals surface area contributed by atoms with E-state index >= 15 is 0 Å². The molecule has 1 rings (SSSR count). The SMILES string of the molecule is O=S(=O)(O)OC[C@@H]1O[C@H](OS(=O)(=O)O)[C@H](OS(=O)(=O)O)[C@@H](OS(=O)(=O)O)[C@@H]1OS(=O)(=O)O. The van der Waals surface area contributed by atoms with Crippen molar-refractivity contribution in [2.75, 3.05) is 6.61 Å². The third kappa shape index (κ3) is 11.4. The Morgan fingerprint density at radius 2 is 0.906 bits per heavy atom. The summed E-state index contributed by atoms with van der Waals surface area (Å²) >= 11 is 0. The zero-order valence-electron chi connectivity index (χ0n) is 14.4. The van der Waals surface area contributed by atoms with Gasteiger partial charge in [-0.2, -0.15) is 42.1 Å². The van der Waals surface area contributed by atoms with E-state index < -0.39 is 89.3 Å². The molecule has 26 heteroatoms. The summed E-state index contributed by atoms with van der Waals surface area (Å²) in [6, 6.07) is 0.